The molecule has 2 aliphatic rings. The summed E-state index contributed by atoms with van der Waals surface area (Å²) in [6.07, 6.45) is 7.11. The van der Waals surface area contributed by atoms with Crippen molar-refractivity contribution in [2.75, 3.05) is 20.2 Å². The second-order valence-corrected chi connectivity index (χ2v) is 8.37. The second kappa shape index (κ2) is 8.46. The molecule has 158 valence electrons. The number of hydrogen-bond donors (Lipinski definition) is 0. The first-order valence-electron chi connectivity index (χ1n) is 10.6. The normalized spacial score (nSPS) is 19.8. The van der Waals surface area contributed by atoms with Crippen LogP contribution in [0.5, 0.6) is 5.75 Å². The Kier molecular flexibility index (Phi) is 5.75. The molecule has 2 heterocycles. The number of carbonyl (C=O) groups excluding carboxylic acids is 2. The van der Waals surface area contributed by atoms with Crippen LogP contribution in [0, 0.1) is 0 Å². The summed E-state index contributed by atoms with van der Waals surface area (Å²) >= 11 is 0. The van der Waals surface area contributed by atoms with Crippen molar-refractivity contribution in [1.82, 2.24) is 14.8 Å². The summed E-state index contributed by atoms with van der Waals surface area (Å²) in [6, 6.07) is 11.8. The summed E-state index contributed by atoms with van der Waals surface area (Å²) < 4.78 is 5.25. The molecule has 2 amide bonds. The molecule has 2 fully saturated rings. The number of amides is 2. The van der Waals surface area contributed by atoms with Crippen LogP contribution in [0.15, 0.2) is 48.8 Å². The maximum Gasteiger partial charge on any atom is 0.233 e. The van der Waals surface area contributed by atoms with E-state index in [0.717, 1.165) is 49.1 Å². The van der Waals surface area contributed by atoms with Crippen LogP contribution in [-0.4, -0.2) is 52.8 Å². The van der Waals surface area contributed by atoms with E-state index in [1.165, 1.54) is 0 Å². The molecule has 6 nitrogen and oxygen atoms in total. The first-order chi connectivity index (χ1) is 14.5. The number of methoxy groups -OCH3 is 1. The smallest absolute Gasteiger partial charge is 0.233 e. The molecule has 1 saturated carbocycles. The average molecular weight is 408 g/mol. The molecule has 30 heavy (non-hydrogen) atoms. The molecule has 6 heteroatoms. The van der Waals surface area contributed by atoms with E-state index in [1.54, 1.807) is 26.4 Å². The number of likely N-dealkylation sites (tertiary alicyclic amines) is 1. The van der Waals surface area contributed by atoms with E-state index in [9.17, 15) is 9.59 Å². The van der Waals surface area contributed by atoms with Gasteiger partial charge in [0.15, 0.2) is 0 Å². The van der Waals surface area contributed by atoms with Crippen LogP contribution in [-0.2, 0) is 21.5 Å². The van der Waals surface area contributed by atoms with Gasteiger partial charge in [0, 0.05) is 45.0 Å². The highest BCUT2D eigenvalue weighted by molar-refractivity contribution is 5.91. The summed E-state index contributed by atoms with van der Waals surface area (Å²) in [7, 11) is 1.65. The predicted molar refractivity (Wildman–Crippen MR) is 114 cm³/mol. The molecule has 0 spiro atoms. The molecule has 1 aliphatic carbocycles. The van der Waals surface area contributed by atoms with Crippen LogP contribution in [0.2, 0.25) is 0 Å². The molecule has 1 aromatic carbocycles. The lowest BCUT2D eigenvalue weighted by molar-refractivity contribution is -0.140. The van der Waals surface area contributed by atoms with Crippen molar-refractivity contribution in [3.63, 3.8) is 0 Å². The van der Waals surface area contributed by atoms with E-state index in [2.05, 4.69) is 4.98 Å². The highest BCUT2D eigenvalue weighted by Gasteiger charge is 2.53. The SMILES string of the molecule is COc1ccc(C2(C(=O)N3CCCC(N(Cc4cccnc4)C(C)=O)C3)CC2)cc1. The zero-order chi connectivity index (χ0) is 21.1. The van der Waals surface area contributed by atoms with Gasteiger partial charge in [-0.05, 0) is 55.0 Å². The van der Waals surface area contributed by atoms with Crippen molar-refractivity contribution in [3.05, 3.63) is 59.9 Å². The Bertz CT molecular complexity index is 894. The van der Waals surface area contributed by atoms with Crippen molar-refractivity contribution >= 4 is 11.8 Å². The minimum Gasteiger partial charge on any atom is -0.497 e. The van der Waals surface area contributed by atoms with E-state index in [-0.39, 0.29) is 17.9 Å². The van der Waals surface area contributed by atoms with Gasteiger partial charge in [0.05, 0.1) is 12.5 Å². The van der Waals surface area contributed by atoms with E-state index >= 15 is 0 Å². The largest absolute Gasteiger partial charge is 0.497 e. The molecule has 1 saturated heterocycles. The van der Waals surface area contributed by atoms with Crippen LogP contribution in [0.1, 0.15) is 43.7 Å². The molecule has 2 aromatic rings. The standard InChI is InChI=1S/C24H29N3O3/c1-18(28)27(16-19-5-3-13-25-15-19)21-6-4-14-26(17-21)23(29)24(11-12-24)20-7-9-22(30-2)10-8-20/h3,5,7-10,13,15,21H,4,6,11-12,14,16-17H2,1-2H3. The molecule has 4 rings (SSSR count). The lowest BCUT2D eigenvalue weighted by atomic mass is 9.92. The van der Waals surface area contributed by atoms with Crippen LogP contribution < -0.4 is 4.74 Å². The first kappa shape index (κ1) is 20.4. The van der Waals surface area contributed by atoms with E-state index in [4.69, 9.17) is 4.74 Å². The fourth-order valence-corrected chi connectivity index (χ4v) is 4.54. The van der Waals surface area contributed by atoms with Gasteiger partial charge in [0.1, 0.15) is 5.75 Å². The second-order valence-electron chi connectivity index (χ2n) is 8.37. The highest BCUT2D eigenvalue weighted by atomic mass is 16.5. The molecule has 1 atom stereocenters. The number of carbonyl (C=O) groups is 2. The monoisotopic (exact) mass is 407 g/mol. The predicted octanol–water partition coefficient (Wildman–Crippen LogP) is 3.16. The number of rotatable bonds is 6. The molecule has 0 N–H and O–H groups in total. The van der Waals surface area contributed by atoms with Gasteiger partial charge < -0.3 is 14.5 Å². The Morgan fingerprint density at radius 2 is 2.00 bits per heavy atom. The molecular weight excluding hydrogens is 378 g/mol. The quantitative estimate of drug-likeness (QED) is 0.738. The highest BCUT2D eigenvalue weighted by Crippen LogP contribution is 2.50. The third-order valence-corrected chi connectivity index (χ3v) is 6.41. The Labute approximate surface area is 177 Å². The minimum absolute atomic E-state index is 0.0343. The summed E-state index contributed by atoms with van der Waals surface area (Å²) in [6.45, 7) is 3.48. The third-order valence-electron chi connectivity index (χ3n) is 6.41. The third kappa shape index (κ3) is 4.04. The van der Waals surface area contributed by atoms with Crippen molar-refractivity contribution in [1.29, 1.82) is 0 Å². The summed E-state index contributed by atoms with van der Waals surface area (Å²) in [4.78, 5) is 33.9. The van der Waals surface area contributed by atoms with E-state index in [1.807, 2.05) is 46.2 Å². The molecule has 1 unspecified atom stereocenters. The van der Waals surface area contributed by atoms with Gasteiger partial charge in [-0.3, -0.25) is 14.6 Å². The molecule has 0 radical (unpaired) electrons. The topological polar surface area (TPSA) is 62.7 Å². The number of nitrogens with zero attached hydrogens (tertiary/aromatic N) is 3. The zero-order valence-corrected chi connectivity index (χ0v) is 17.7. The van der Waals surface area contributed by atoms with Gasteiger partial charge in [-0.1, -0.05) is 18.2 Å². The number of aromatic nitrogens is 1. The molecule has 1 aliphatic heterocycles. The van der Waals surface area contributed by atoms with Crippen molar-refractivity contribution in [2.45, 2.75) is 50.6 Å². The van der Waals surface area contributed by atoms with Gasteiger partial charge in [-0.25, -0.2) is 0 Å². The summed E-state index contributed by atoms with van der Waals surface area (Å²) in [5.41, 5.74) is 1.67. The van der Waals surface area contributed by atoms with Gasteiger partial charge in [0.2, 0.25) is 11.8 Å². The van der Waals surface area contributed by atoms with Crippen LogP contribution in [0.3, 0.4) is 0 Å². The van der Waals surface area contributed by atoms with Crippen molar-refractivity contribution in [3.8, 4) is 5.75 Å². The first-order valence-corrected chi connectivity index (χ1v) is 10.6. The molecular formula is C24H29N3O3. The number of benzene rings is 1. The fourth-order valence-electron chi connectivity index (χ4n) is 4.54. The van der Waals surface area contributed by atoms with Crippen molar-refractivity contribution in [2.24, 2.45) is 0 Å². The maximum atomic E-state index is 13.5. The summed E-state index contributed by atoms with van der Waals surface area (Å²) in [5.74, 6) is 1.03. The Morgan fingerprint density at radius 1 is 1.23 bits per heavy atom. The fraction of sp³-hybridized carbons (Fsp3) is 0.458. The average Bonchev–Trinajstić information content (AvgIpc) is 3.60. The van der Waals surface area contributed by atoms with Gasteiger partial charge in [-0.15, -0.1) is 0 Å². The lowest BCUT2D eigenvalue weighted by Crippen LogP contribution is -2.53. The number of piperidine rings is 1. The number of ether oxygens (including phenoxy) is 1. The van der Waals surface area contributed by atoms with Crippen LogP contribution in [0.4, 0.5) is 0 Å². The Hall–Kier alpha value is -2.89. The maximum absolute atomic E-state index is 13.5. The minimum atomic E-state index is -0.404. The number of pyridine rings is 1. The van der Waals surface area contributed by atoms with Crippen molar-refractivity contribution < 1.29 is 14.3 Å². The number of hydrogen-bond acceptors (Lipinski definition) is 4. The Balaban J connectivity index is 1.48. The van der Waals surface area contributed by atoms with Crippen LogP contribution >= 0.6 is 0 Å². The molecule has 0 bridgehead atoms. The van der Waals surface area contributed by atoms with Gasteiger partial charge >= 0.3 is 0 Å². The van der Waals surface area contributed by atoms with Gasteiger partial charge in [0.25, 0.3) is 0 Å². The lowest BCUT2D eigenvalue weighted by Gasteiger charge is -2.40. The van der Waals surface area contributed by atoms with Gasteiger partial charge in [-0.2, -0.15) is 0 Å². The molecule has 1 aromatic heterocycles. The summed E-state index contributed by atoms with van der Waals surface area (Å²) in [5, 5.41) is 0. The Morgan fingerprint density at radius 3 is 2.60 bits per heavy atom. The van der Waals surface area contributed by atoms with E-state index in [0.29, 0.717) is 13.1 Å². The van der Waals surface area contributed by atoms with E-state index < -0.39 is 5.41 Å². The van der Waals surface area contributed by atoms with Crippen LogP contribution in [0.25, 0.3) is 0 Å². The zero-order valence-electron chi connectivity index (χ0n) is 17.7.